The van der Waals surface area contributed by atoms with Gasteiger partial charge in [-0.3, -0.25) is 4.79 Å². The molecule has 1 rings (SSSR count). The molecule has 94 valence electrons. The van der Waals surface area contributed by atoms with Crippen molar-refractivity contribution in [2.75, 3.05) is 6.26 Å². The summed E-state index contributed by atoms with van der Waals surface area (Å²) in [7, 11) is -3.27. The van der Waals surface area contributed by atoms with E-state index in [0.717, 1.165) is 31.9 Å². The van der Waals surface area contributed by atoms with Gasteiger partial charge in [0, 0.05) is 12.3 Å². The summed E-state index contributed by atoms with van der Waals surface area (Å²) in [6.45, 7) is 1.45. The molecule has 0 spiro atoms. The van der Waals surface area contributed by atoms with E-state index in [0.29, 0.717) is 0 Å². The van der Waals surface area contributed by atoms with Crippen molar-refractivity contribution in [2.24, 2.45) is 0 Å². The third-order valence-electron chi connectivity index (χ3n) is 3.21. The van der Waals surface area contributed by atoms with Gasteiger partial charge in [-0.15, -0.1) is 0 Å². The molecule has 0 aromatic carbocycles. The molecule has 5 heteroatoms. The van der Waals surface area contributed by atoms with E-state index in [9.17, 15) is 13.2 Å². The number of carbonyl (C=O) groups excluding carboxylic acids is 1. The van der Waals surface area contributed by atoms with Gasteiger partial charge in [0.05, 0.1) is 0 Å². The lowest BCUT2D eigenvalue weighted by atomic mass is 10.1. The van der Waals surface area contributed by atoms with Crippen molar-refractivity contribution in [2.45, 2.75) is 56.7 Å². The Balaban J connectivity index is 2.50. The SMILES string of the molecule is C[C@H](C(=O)NC1CCCCCC1)S(C)(=O)=O. The molecule has 0 heterocycles. The van der Waals surface area contributed by atoms with Gasteiger partial charge in [-0.05, 0) is 19.8 Å². The van der Waals surface area contributed by atoms with Crippen LogP contribution < -0.4 is 5.32 Å². The highest BCUT2D eigenvalue weighted by Crippen LogP contribution is 2.17. The van der Waals surface area contributed by atoms with Crippen molar-refractivity contribution >= 4 is 15.7 Å². The Labute approximate surface area is 97.7 Å². The quantitative estimate of drug-likeness (QED) is 0.764. The molecule has 0 bridgehead atoms. The smallest absolute Gasteiger partial charge is 0.238 e. The Kier molecular flexibility index (Phi) is 4.77. The van der Waals surface area contributed by atoms with E-state index in [-0.39, 0.29) is 11.9 Å². The fraction of sp³-hybridized carbons (Fsp3) is 0.909. The summed E-state index contributed by atoms with van der Waals surface area (Å²) in [6.07, 6.45) is 7.73. The second-order valence-electron chi connectivity index (χ2n) is 4.67. The fourth-order valence-corrected chi connectivity index (χ4v) is 2.39. The third kappa shape index (κ3) is 4.12. The average Bonchev–Trinajstić information content (AvgIpc) is 2.43. The van der Waals surface area contributed by atoms with E-state index in [1.807, 2.05) is 0 Å². The van der Waals surface area contributed by atoms with Crippen LogP contribution in [0.1, 0.15) is 45.4 Å². The molecule has 16 heavy (non-hydrogen) atoms. The van der Waals surface area contributed by atoms with Crippen molar-refractivity contribution in [1.82, 2.24) is 5.32 Å². The van der Waals surface area contributed by atoms with Crippen LogP contribution in [0.5, 0.6) is 0 Å². The maximum atomic E-state index is 11.7. The molecule has 1 aliphatic rings. The van der Waals surface area contributed by atoms with Crippen LogP contribution in [0.4, 0.5) is 0 Å². The topological polar surface area (TPSA) is 63.2 Å². The van der Waals surface area contributed by atoms with Crippen LogP contribution in [0, 0.1) is 0 Å². The number of hydrogen-bond donors (Lipinski definition) is 1. The molecule has 0 saturated heterocycles. The highest BCUT2D eigenvalue weighted by atomic mass is 32.2. The number of carbonyl (C=O) groups is 1. The summed E-state index contributed by atoms with van der Waals surface area (Å²) in [5.41, 5.74) is 0. The summed E-state index contributed by atoms with van der Waals surface area (Å²) in [5, 5.41) is 1.91. The largest absolute Gasteiger partial charge is 0.352 e. The van der Waals surface area contributed by atoms with Gasteiger partial charge in [0.1, 0.15) is 5.25 Å². The van der Waals surface area contributed by atoms with Gasteiger partial charge in [0.15, 0.2) is 9.84 Å². The number of amides is 1. The Morgan fingerprint density at radius 2 is 1.69 bits per heavy atom. The summed E-state index contributed by atoms with van der Waals surface area (Å²) in [6, 6.07) is 0.166. The minimum Gasteiger partial charge on any atom is -0.352 e. The Morgan fingerprint density at radius 1 is 1.19 bits per heavy atom. The van der Waals surface area contributed by atoms with E-state index >= 15 is 0 Å². The van der Waals surface area contributed by atoms with Crippen LogP contribution in [0.15, 0.2) is 0 Å². The third-order valence-corrected chi connectivity index (χ3v) is 4.71. The van der Waals surface area contributed by atoms with Crippen LogP contribution in [0.25, 0.3) is 0 Å². The van der Waals surface area contributed by atoms with Gasteiger partial charge >= 0.3 is 0 Å². The average molecular weight is 247 g/mol. The molecular formula is C11H21NO3S. The van der Waals surface area contributed by atoms with Gasteiger partial charge in [-0.2, -0.15) is 0 Å². The number of nitrogens with one attached hydrogen (secondary N) is 1. The summed E-state index contributed by atoms with van der Waals surface area (Å²) in [5.74, 6) is -0.352. The molecule has 4 nitrogen and oxygen atoms in total. The monoisotopic (exact) mass is 247 g/mol. The molecule has 1 saturated carbocycles. The van der Waals surface area contributed by atoms with Crippen molar-refractivity contribution < 1.29 is 13.2 Å². The molecule has 1 aliphatic carbocycles. The predicted molar refractivity (Wildman–Crippen MR) is 63.9 cm³/mol. The molecule has 0 aromatic rings. The highest BCUT2D eigenvalue weighted by molar-refractivity contribution is 7.92. The maximum Gasteiger partial charge on any atom is 0.238 e. The van der Waals surface area contributed by atoms with E-state index < -0.39 is 15.1 Å². The van der Waals surface area contributed by atoms with Crippen molar-refractivity contribution in [3.05, 3.63) is 0 Å². The second kappa shape index (κ2) is 5.66. The summed E-state index contributed by atoms with van der Waals surface area (Å²) >= 11 is 0. The molecule has 1 amide bonds. The first-order valence-corrected chi connectivity index (χ1v) is 7.86. The molecule has 0 radical (unpaired) electrons. The lowest BCUT2D eigenvalue weighted by molar-refractivity contribution is -0.121. The second-order valence-corrected chi connectivity index (χ2v) is 7.03. The minimum absolute atomic E-state index is 0.166. The van der Waals surface area contributed by atoms with Crippen LogP contribution in [-0.2, 0) is 14.6 Å². The van der Waals surface area contributed by atoms with Gasteiger partial charge in [0.2, 0.25) is 5.91 Å². The number of rotatable bonds is 3. The first-order valence-electron chi connectivity index (χ1n) is 5.90. The van der Waals surface area contributed by atoms with Crippen molar-refractivity contribution in [3.8, 4) is 0 Å². The van der Waals surface area contributed by atoms with E-state index in [1.165, 1.54) is 19.8 Å². The van der Waals surface area contributed by atoms with Crippen LogP contribution >= 0.6 is 0 Å². The summed E-state index contributed by atoms with van der Waals surface area (Å²) < 4.78 is 22.4. The van der Waals surface area contributed by atoms with Gasteiger partial charge in [-0.1, -0.05) is 25.7 Å². The normalized spacial score (nSPS) is 21.1. The van der Waals surface area contributed by atoms with Crippen LogP contribution in [0.2, 0.25) is 0 Å². The van der Waals surface area contributed by atoms with E-state index in [2.05, 4.69) is 5.32 Å². The van der Waals surface area contributed by atoms with Crippen LogP contribution in [-0.4, -0.2) is 31.9 Å². The predicted octanol–water partition coefficient (Wildman–Crippen LogP) is 1.26. The molecular weight excluding hydrogens is 226 g/mol. The molecule has 0 aliphatic heterocycles. The van der Waals surface area contributed by atoms with Gasteiger partial charge < -0.3 is 5.32 Å². The Hall–Kier alpha value is -0.580. The molecule has 1 N–H and O–H groups in total. The Bertz CT molecular complexity index is 329. The highest BCUT2D eigenvalue weighted by Gasteiger charge is 2.25. The van der Waals surface area contributed by atoms with Crippen molar-refractivity contribution in [1.29, 1.82) is 0 Å². The number of sulfone groups is 1. The lowest BCUT2D eigenvalue weighted by Crippen LogP contribution is -2.42. The molecule has 1 fully saturated rings. The zero-order valence-corrected chi connectivity index (χ0v) is 10.8. The molecule has 0 unspecified atom stereocenters. The molecule has 1 atom stereocenters. The molecule has 0 aromatic heterocycles. The lowest BCUT2D eigenvalue weighted by Gasteiger charge is -2.18. The van der Waals surface area contributed by atoms with E-state index in [1.54, 1.807) is 0 Å². The van der Waals surface area contributed by atoms with Crippen LogP contribution in [0.3, 0.4) is 0 Å². The van der Waals surface area contributed by atoms with Gasteiger partial charge in [-0.25, -0.2) is 8.42 Å². The fourth-order valence-electron chi connectivity index (χ4n) is 1.94. The maximum absolute atomic E-state index is 11.7. The minimum atomic E-state index is -3.27. The van der Waals surface area contributed by atoms with Gasteiger partial charge in [0.25, 0.3) is 0 Å². The Morgan fingerprint density at radius 3 is 2.12 bits per heavy atom. The zero-order chi connectivity index (χ0) is 12.2. The van der Waals surface area contributed by atoms with Crippen molar-refractivity contribution in [3.63, 3.8) is 0 Å². The first kappa shape index (κ1) is 13.5. The first-order chi connectivity index (χ1) is 7.41. The summed E-state index contributed by atoms with van der Waals surface area (Å²) in [4.78, 5) is 11.7. The standard InChI is InChI=1S/C11H21NO3S/c1-9(16(2,14)15)11(13)12-10-7-5-3-4-6-8-10/h9-10H,3-8H2,1-2H3,(H,12,13)/t9-/m1/s1. The number of hydrogen-bond acceptors (Lipinski definition) is 3. The van der Waals surface area contributed by atoms with E-state index in [4.69, 9.17) is 0 Å². The zero-order valence-electron chi connectivity index (χ0n) is 10.0.